The van der Waals surface area contributed by atoms with Crippen molar-refractivity contribution in [1.29, 1.82) is 0 Å². The standard InChI is InChI=1S/C20H26N2O5S/c1-15-12-18(28(24,25)21(2)3)10-11-19(15)27-14-20(23)22(4)13-16-6-8-17(26-5)9-7-16/h6-12H,13-14H2,1-5H3. The third kappa shape index (κ3) is 5.24. The maximum atomic E-state index is 12.3. The molecule has 8 heteroatoms. The lowest BCUT2D eigenvalue weighted by Gasteiger charge is -2.18. The lowest BCUT2D eigenvalue weighted by atomic mass is 10.2. The van der Waals surface area contributed by atoms with E-state index in [9.17, 15) is 13.2 Å². The highest BCUT2D eigenvalue weighted by Gasteiger charge is 2.18. The highest BCUT2D eigenvalue weighted by Crippen LogP contribution is 2.23. The van der Waals surface area contributed by atoms with Gasteiger partial charge in [-0.3, -0.25) is 4.79 Å². The molecule has 0 saturated carbocycles. The lowest BCUT2D eigenvalue weighted by molar-refractivity contribution is -0.132. The van der Waals surface area contributed by atoms with Crippen molar-refractivity contribution in [1.82, 2.24) is 9.21 Å². The van der Waals surface area contributed by atoms with E-state index < -0.39 is 10.0 Å². The number of amides is 1. The van der Waals surface area contributed by atoms with Crippen LogP contribution in [0.15, 0.2) is 47.4 Å². The number of rotatable bonds is 8. The van der Waals surface area contributed by atoms with Crippen molar-refractivity contribution in [2.75, 3.05) is 34.9 Å². The Labute approximate surface area is 166 Å². The summed E-state index contributed by atoms with van der Waals surface area (Å²) in [6.45, 7) is 2.06. The van der Waals surface area contributed by atoms with E-state index in [-0.39, 0.29) is 17.4 Å². The molecule has 2 rings (SSSR count). The molecule has 0 fully saturated rings. The predicted molar refractivity (Wildman–Crippen MR) is 107 cm³/mol. The number of carbonyl (C=O) groups excluding carboxylic acids is 1. The van der Waals surface area contributed by atoms with Gasteiger partial charge in [0, 0.05) is 27.7 Å². The number of likely N-dealkylation sites (N-methyl/N-ethyl adjacent to an activating group) is 1. The molecule has 28 heavy (non-hydrogen) atoms. The fourth-order valence-corrected chi connectivity index (χ4v) is 3.49. The van der Waals surface area contributed by atoms with Crippen LogP contribution in [0.5, 0.6) is 11.5 Å². The minimum atomic E-state index is -3.51. The summed E-state index contributed by atoms with van der Waals surface area (Å²) in [5.74, 6) is 1.06. The molecule has 2 aromatic rings. The molecule has 0 saturated heterocycles. The molecule has 0 aliphatic heterocycles. The van der Waals surface area contributed by atoms with Gasteiger partial charge in [0.15, 0.2) is 6.61 Å². The maximum Gasteiger partial charge on any atom is 0.260 e. The smallest absolute Gasteiger partial charge is 0.260 e. The van der Waals surface area contributed by atoms with Crippen molar-refractivity contribution >= 4 is 15.9 Å². The number of nitrogens with zero attached hydrogens (tertiary/aromatic N) is 2. The largest absolute Gasteiger partial charge is 0.497 e. The molecular formula is C20H26N2O5S. The molecule has 0 aliphatic rings. The fraction of sp³-hybridized carbons (Fsp3) is 0.350. The van der Waals surface area contributed by atoms with Gasteiger partial charge < -0.3 is 14.4 Å². The van der Waals surface area contributed by atoms with E-state index in [0.29, 0.717) is 17.9 Å². The second kappa shape index (κ2) is 9.07. The summed E-state index contributed by atoms with van der Waals surface area (Å²) in [7, 11) is 2.76. The first-order valence-corrected chi connectivity index (χ1v) is 10.1. The van der Waals surface area contributed by atoms with Gasteiger partial charge in [-0.15, -0.1) is 0 Å². The van der Waals surface area contributed by atoms with Gasteiger partial charge in [-0.2, -0.15) is 0 Å². The Kier molecular flexibility index (Phi) is 7.04. The van der Waals surface area contributed by atoms with E-state index >= 15 is 0 Å². The highest BCUT2D eigenvalue weighted by molar-refractivity contribution is 7.89. The molecule has 0 radical (unpaired) electrons. The van der Waals surface area contributed by atoms with Gasteiger partial charge in [0.05, 0.1) is 12.0 Å². The molecule has 0 N–H and O–H groups in total. The summed E-state index contributed by atoms with van der Waals surface area (Å²) in [4.78, 5) is 14.1. The first kappa shape index (κ1) is 21.7. The first-order valence-electron chi connectivity index (χ1n) is 8.68. The molecule has 0 spiro atoms. The number of benzene rings is 2. The molecule has 0 unspecified atom stereocenters. The first-order chi connectivity index (χ1) is 13.1. The Morgan fingerprint density at radius 1 is 1.04 bits per heavy atom. The Balaban J connectivity index is 1.98. The molecule has 0 aliphatic carbocycles. The van der Waals surface area contributed by atoms with Crippen molar-refractivity contribution in [2.45, 2.75) is 18.4 Å². The van der Waals surface area contributed by atoms with Gasteiger partial charge in [0.1, 0.15) is 11.5 Å². The van der Waals surface area contributed by atoms with Gasteiger partial charge in [-0.1, -0.05) is 12.1 Å². The average molecular weight is 407 g/mol. The molecule has 2 aromatic carbocycles. The molecular weight excluding hydrogens is 380 g/mol. The van der Waals surface area contributed by atoms with E-state index in [2.05, 4.69) is 0 Å². The number of aryl methyl sites for hydroxylation is 1. The topological polar surface area (TPSA) is 76.1 Å². The van der Waals surface area contributed by atoms with E-state index in [0.717, 1.165) is 15.6 Å². The number of ether oxygens (including phenoxy) is 2. The normalized spacial score (nSPS) is 11.4. The molecule has 152 valence electrons. The summed E-state index contributed by atoms with van der Waals surface area (Å²) >= 11 is 0. The number of sulfonamides is 1. The summed E-state index contributed by atoms with van der Waals surface area (Å²) in [6, 6.07) is 12.1. The Bertz CT molecular complexity index is 924. The van der Waals surface area contributed by atoms with Crippen molar-refractivity contribution in [3.8, 4) is 11.5 Å². The Hall–Kier alpha value is -2.58. The minimum Gasteiger partial charge on any atom is -0.497 e. The van der Waals surface area contributed by atoms with Crippen LogP contribution in [-0.4, -0.2) is 58.4 Å². The summed E-state index contributed by atoms with van der Waals surface area (Å²) in [5.41, 5.74) is 1.62. The Morgan fingerprint density at radius 2 is 1.68 bits per heavy atom. The lowest BCUT2D eigenvalue weighted by Crippen LogP contribution is -2.31. The molecule has 0 aromatic heterocycles. The number of hydrogen-bond donors (Lipinski definition) is 0. The van der Waals surface area contributed by atoms with Gasteiger partial charge in [-0.05, 0) is 48.4 Å². The van der Waals surface area contributed by atoms with Gasteiger partial charge in [-0.25, -0.2) is 12.7 Å². The van der Waals surface area contributed by atoms with Crippen molar-refractivity contribution in [3.63, 3.8) is 0 Å². The zero-order valence-corrected chi connectivity index (χ0v) is 17.6. The van der Waals surface area contributed by atoms with Crippen LogP contribution in [0.4, 0.5) is 0 Å². The number of methoxy groups -OCH3 is 1. The fourth-order valence-electron chi connectivity index (χ4n) is 2.50. The van der Waals surface area contributed by atoms with E-state index in [4.69, 9.17) is 9.47 Å². The number of hydrogen-bond acceptors (Lipinski definition) is 5. The molecule has 1 amide bonds. The SMILES string of the molecule is COc1ccc(CN(C)C(=O)COc2ccc(S(=O)(=O)N(C)C)cc2C)cc1. The van der Waals surface area contributed by atoms with Crippen LogP contribution in [0.25, 0.3) is 0 Å². The van der Waals surface area contributed by atoms with Gasteiger partial charge in [0.25, 0.3) is 5.91 Å². The average Bonchev–Trinajstić information content (AvgIpc) is 2.67. The van der Waals surface area contributed by atoms with E-state index in [1.807, 2.05) is 24.3 Å². The minimum absolute atomic E-state index is 0.132. The monoisotopic (exact) mass is 406 g/mol. The van der Waals surface area contributed by atoms with Crippen LogP contribution in [-0.2, 0) is 21.4 Å². The van der Waals surface area contributed by atoms with Crippen LogP contribution in [0.1, 0.15) is 11.1 Å². The van der Waals surface area contributed by atoms with Crippen LogP contribution in [0, 0.1) is 6.92 Å². The quantitative estimate of drug-likeness (QED) is 0.672. The van der Waals surface area contributed by atoms with Gasteiger partial charge >= 0.3 is 0 Å². The van der Waals surface area contributed by atoms with Crippen molar-refractivity contribution < 1.29 is 22.7 Å². The van der Waals surface area contributed by atoms with Crippen molar-refractivity contribution in [3.05, 3.63) is 53.6 Å². The number of carbonyl (C=O) groups is 1. The summed E-state index contributed by atoms with van der Waals surface area (Å²) in [6.07, 6.45) is 0. The van der Waals surface area contributed by atoms with Crippen LogP contribution in [0.3, 0.4) is 0 Å². The van der Waals surface area contributed by atoms with Crippen LogP contribution < -0.4 is 9.47 Å². The third-order valence-electron chi connectivity index (χ3n) is 4.28. The second-order valence-electron chi connectivity index (χ2n) is 6.60. The van der Waals surface area contributed by atoms with Crippen molar-refractivity contribution in [2.24, 2.45) is 0 Å². The van der Waals surface area contributed by atoms with Crippen LogP contribution in [0.2, 0.25) is 0 Å². The zero-order valence-electron chi connectivity index (χ0n) is 16.8. The Morgan fingerprint density at radius 3 is 2.21 bits per heavy atom. The summed E-state index contributed by atoms with van der Waals surface area (Å²) in [5, 5.41) is 0. The summed E-state index contributed by atoms with van der Waals surface area (Å²) < 4.78 is 36.2. The third-order valence-corrected chi connectivity index (χ3v) is 6.09. The highest BCUT2D eigenvalue weighted by atomic mass is 32.2. The molecule has 0 bridgehead atoms. The van der Waals surface area contributed by atoms with E-state index in [1.165, 1.54) is 26.2 Å². The maximum absolute atomic E-state index is 12.3. The van der Waals surface area contributed by atoms with Gasteiger partial charge in [0.2, 0.25) is 10.0 Å². The zero-order chi connectivity index (χ0) is 20.9. The van der Waals surface area contributed by atoms with Crippen LogP contribution >= 0.6 is 0 Å². The molecule has 0 atom stereocenters. The molecule has 0 heterocycles. The van der Waals surface area contributed by atoms with E-state index in [1.54, 1.807) is 32.0 Å². The second-order valence-corrected chi connectivity index (χ2v) is 8.75. The molecule has 7 nitrogen and oxygen atoms in total. The predicted octanol–water partition coefficient (Wildman–Crippen LogP) is 2.29.